The van der Waals surface area contributed by atoms with Gasteiger partial charge in [-0.05, 0) is 31.0 Å². The lowest BCUT2D eigenvalue weighted by atomic mass is 9.90. The van der Waals surface area contributed by atoms with Gasteiger partial charge in [0.25, 0.3) is 0 Å². The summed E-state index contributed by atoms with van der Waals surface area (Å²) < 4.78 is 43.5. The van der Waals surface area contributed by atoms with Gasteiger partial charge in [-0.2, -0.15) is 13.2 Å². The summed E-state index contributed by atoms with van der Waals surface area (Å²) in [6.07, 6.45) is -3.32. The van der Waals surface area contributed by atoms with Crippen LogP contribution in [0.3, 0.4) is 0 Å². The van der Waals surface area contributed by atoms with Crippen LogP contribution in [0.25, 0.3) is 0 Å². The summed E-state index contributed by atoms with van der Waals surface area (Å²) in [5.74, 6) is -0.505. The molecule has 0 N–H and O–H groups in total. The second kappa shape index (κ2) is 5.63. The van der Waals surface area contributed by atoms with E-state index in [0.29, 0.717) is 30.5 Å². The average molecular weight is 337 g/mol. The SMILES string of the molecule is O=C(c1cc(C(F)(F)F)ccc1Br)C1CCOCC1. The molecule has 1 aliphatic rings. The zero-order valence-electron chi connectivity index (χ0n) is 9.97. The Morgan fingerprint density at radius 1 is 1.26 bits per heavy atom. The van der Waals surface area contributed by atoms with Crippen molar-refractivity contribution in [3.63, 3.8) is 0 Å². The Morgan fingerprint density at radius 3 is 2.47 bits per heavy atom. The maximum atomic E-state index is 12.7. The first kappa shape index (κ1) is 14.5. The second-order valence-electron chi connectivity index (χ2n) is 4.44. The van der Waals surface area contributed by atoms with Crippen molar-refractivity contribution in [3.8, 4) is 0 Å². The third-order valence-corrected chi connectivity index (χ3v) is 3.84. The van der Waals surface area contributed by atoms with E-state index >= 15 is 0 Å². The van der Waals surface area contributed by atoms with Gasteiger partial charge in [-0.3, -0.25) is 4.79 Å². The first-order valence-corrected chi connectivity index (χ1v) is 6.67. The number of benzene rings is 1. The predicted octanol–water partition coefficient (Wildman–Crippen LogP) is 4.08. The summed E-state index contributed by atoms with van der Waals surface area (Å²) in [7, 11) is 0. The summed E-state index contributed by atoms with van der Waals surface area (Å²) in [5.41, 5.74) is -0.701. The van der Waals surface area contributed by atoms with E-state index in [9.17, 15) is 18.0 Å². The van der Waals surface area contributed by atoms with Crippen molar-refractivity contribution >= 4 is 21.7 Å². The van der Waals surface area contributed by atoms with Gasteiger partial charge in [0.05, 0.1) is 5.56 Å². The molecule has 0 saturated carbocycles. The van der Waals surface area contributed by atoms with Crippen LogP contribution >= 0.6 is 15.9 Å². The monoisotopic (exact) mass is 336 g/mol. The van der Waals surface area contributed by atoms with Gasteiger partial charge >= 0.3 is 6.18 Å². The molecule has 0 bridgehead atoms. The van der Waals surface area contributed by atoms with E-state index in [1.54, 1.807) is 0 Å². The molecule has 1 heterocycles. The topological polar surface area (TPSA) is 26.3 Å². The summed E-state index contributed by atoms with van der Waals surface area (Å²) in [6, 6.07) is 3.15. The van der Waals surface area contributed by atoms with Crippen molar-refractivity contribution in [2.24, 2.45) is 5.92 Å². The molecule has 19 heavy (non-hydrogen) atoms. The molecule has 1 aliphatic heterocycles. The van der Waals surface area contributed by atoms with Crippen LogP contribution in [0, 0.1) is 5.92 Å². The number of hydrogen-bond acceptors (Lipinski definition) is 2. The maximum Gasteiger partial charge on any atom is 0.416 e. The number of ether oxygens (including phenoxy) is 1. The molecule has 104 valence electrons. The summed E-state index contributed by atoms with van der Waals surface area (Å²) in [5, 5.41) is 0. The van der Waals surface area contributed by atoms with Crippen LogP contribution in [0.1, 0.15) is 28.8 Å². The highest BCUT2D eigenvalue weighted by atomic mass is 79.9. The molecule has 0 aromatic heterocycles. The van der Waals surface area contributed by atoms with Crippen LogP contribution < -0.4 is 0 Å². The third kappa shape index (κ3) is 3.36. The fraction of sp³-hybridized carbons (Fsp3) is 0.462. The van der Waals surface area contributed by atoms with Crippen molar-refractivity contribution in [1.82, 2.24) is 0 Å². The molecule has 0 radical (unpaired) electrons. The Kier molecular flexibility index (Phi) is 4.30. The lowest BCUT2D eigenvalue weighted by Crippen LogP contribution is -2.24. The van der Waals surface area contributed by atoms with Gasteiger partial charge in [0.1, 0.15) is 0 Å². The minimum absolute atomic E-state index is 0.0988. The number of halogens is 4. The maximum absolute atomic E-state index is 12.7. The lowest BCUT2D eigenvalue weighted by molar-refractivity contribution is -0.137. The fourth-order valence-corrected chi connectivity index (χ4v) is 2.51. The number of ketones is 1. The van der Waals surface area contributed by atoms with E-state index in [1.165, 1.54) is 6.07 Å². The lowest BCUT2D eigenvalue weighted by Gasteiger charge is -2.21. The predicted molar refractivity (Wildman–Crippen MR) is 67.0 cm³/mol. The van der Waals surface area contributed by atoms with E-state index < -0.39 is 11.7 Å². The smallest absolute Gasteiger partial charge is 0.381 e. The van der Waals surface area contributed by atoms with Gasteiger partial charge < -0.3 is 4.74 Å². The van der Waals surface area contributed by atoms with Crippen LogP contribution in [0.4, 0.5) is 13.2 Å². The molecule has 0 atom stereocenters. The zero-order valence-corrected chi connectivity index (χ0v) is 11.6. The van der Waals surface area contributed by atoms with Crippen molar-refractivity contribution < 1.29 is 22.7 Å². The molecule has 1 aromatic carbocycles. The molecular formula is C13H12BrF3O2. The number of carbonyl (C=O) groups is 1. The number of hydrogen-bond donors (Lipinski definition) is 0. The number of Topliss-reactive ketones (excluding diaryl/α,β-unsaturated/α-hetero) is 1. The molecule has 6 heteroatoms. The van der Waals surface area contributed by atoms with Crippen molar-refractivity contribution in [2.75, 3.05) is 13.2 Å². The number of alkyl halides is 3. The molecule has 0 aliphatic carbocycles. The van der Waals surface area contributed by atoms with Crippen LogP contribution in [0.15, 0.2) is 22.7 Å². The minimum atomic E-state index is -4.44. The molecule has 0 spiro atoms. The highest BCUT2D eigenvalue weighted by Gasteiger charge is 2.32. The highest BCUT2D eigenvalue weighted by Crippen LogP contribution is 2.33. The van der Waals surface area contributed by atoms with E-state index in [0.717, 1.165) is 12.1 Å². The van der Waals surface area contributed by atoms with E-state index in [4.69, 9.17) is 4.74 Å². The zero-order chi connectivity index (χ0) is 14.0. The van der Waals surface area contributed by atoms with Crippen molar-refractivity contribution in [2.45, 2.75) is 19.0 Å². The standard InChI is InChI=1S/C13H12BrF3O2/c14-11-2-1-9(13(15,16)17)7-10(11)12(18)8-3-5-19-6-4-8/h1-2,7-8H,3-6H2. The molecule has 1 aromatic rings. The van der Waals surface area contributed by atoms with Gasteiger partial charge in [-0.15, -0.1) is 0 Å². The molecule has 1 saturated heterocycles. The number of rotatable bonds is 2. The molecular weight excluding hydrogens is 325 g/mol. The van der Waals surface area contributed by atoms with Crippen molar-refractivity contribution in [1.29, 1.82) is 0 Å². The molecule has 0 unspecified atom stereocenters. The van der Waals surface area contributed by atoms with Crippen LogP contribution in [0.2, 0.25) is 0 Å². The quantitative estimate of drug-likeness (QED) is 0.761. The van der Waals surface area contributed by atoms with Gasteiger partial charge in [-0.1, -0.05) is 15.9 Å². The van der Waals surface area contributed by atoms with Crippen LogP contribution in [0.5, 0.6) is 0 Å². The summed E-state index contributed by atoms with van der Waals surface area (Å²) >= 11 is 3.14. The fourth-order valence-electron chi connectivity index (χ4n) is 2.07. The average Bonchev–Trinajstić information content (AvgIpc) is 2.38. The molecule has 2 nitrogen and oxygen atoms in total. The largest absolute Gasteiger partial charge is 0.416 e. The molecule has 1 fully saturated rings. The van der Waals surface area contributed by atoms with E-state index in [1.807, 2.05) is 0 Å². The first-order chi connectivity index (χ1) is 8.89. The van der Waals surface area contributed by atoms with Gasteiger partial charge in [0.2, 0.25) is 0 Å². The van der Waals surface area contributed by atoms with Crippen LogP contribution in [-0.2, 0) is 10.9 Å². The number of carbonyl (C=O) groups excluding carboxylic acids is 1. The summed E-state index contributed by atoms with van der Waals surface area (Å²) in [4.78, 5) is 12.2. The Labute approximate surface area is 117 Å². The van der Waals surface area contributed by atoms with E-state index in [2.05, 4.69) is 15.9 Å². The minimum Gasteiger partial charge on any atom is -0.381 e. The van der Waals surface area contributed by atoms with Crippen LogP contribution in [-0.4, -0.2) is 19.0 Å². The Hall–Kier alpha value is -0.880. The highest BCUT2D eigenvalue weighted by molar-refractivity contribution is 9.10. The second-order valence-corrected chi connectivity index (χ2v) is 5.30. The van der Waals surface area contributed by atoms with Gasteiger partial charge in [-0.25, -0.2) is 0 Å². The summed E-state index contributed by atoms with van der Waals surface area (Å²) in [6.45, 7) is 0.958. The molecule has 0 amide bonds. The van der Waals surface area contributed by atoms with E-state index in [-0.39, 0.29) is 17.3 Å². The Morgan fingerprint density at radius 2 is 1.89 bits per heavy atom. The van der Waals surface area contributed by atoms with Gasteiger partial charge in [0, 0.05) is 29.2 Å². The normalized spacial score (nSPS) is 17.5. The Balaban J connectivity index is 2.30. The van der Waals surface area contributed by atoms with Gasteiger partial charge in [0.15, 0.2) is 5.78 Å². The third-order valence-electron chi connectivity index (χ3n) is 3.15. The Bertz CT molecular complexity index is 479. The van der Waals surface area contributed by atoms with Crippen molar-refractivity contribution in [3.05, 3.63) is 33.8 Å². The first-order valence-electron chi connectivity index (χ1n) is 5.88. The molecule has 2 rings (SSSR count).